The highest BCUT2D eigenvalue weighted by molar-refractivity contribution is 6.23. The summed E-state index contributed by atoms with van der Waals surface area (Å²) in [6.45, 7) is 0. The first-order valence-electron chi connectivity index (χ1n) is 7.13. The maximum atomic E-state index is 7.95. The Balaban J connectivity index is 2.19. The third-order valence-corrected chi connectivity index (χ3v) is 4.44. The van der Waals surface area contributed by atoms with E-state index in [0.29, 0.717) is 5.36 Å². The Labute approximate surface area is 121 Å². The molecule has 0 radical (unpaired) electrons. The van der Waals surface area contributed by atoms with Gasteiger partial charge in [0.15, 0.2) is 0 Å². The van der Waals surface area contributed by atoms with Crippen molar-refractivity contribution >= 4 is 32.3 Å². The molecule has 0 bridgehead atoms. The molecule has 3 aromatic carbocycles. The average molecular weight is 266 g/mol. The van der Waals surface area contributed by atoms with E-state index in [1.54, 1.807) is 0 Å². The van der Waals surface area contributed by atoms with Crippen LogP contribution < -0.4 is 5.36 Å². The van der Waals surface area contributed by atoms with Crippen molar-refractivity contribution < 1.29 is 0 Å². The molecule has 0 aliphatic heterocycles. The Morgan fingerprint density at radius 3 is 2.62 bits per heavy atom. The summed E-state index contributed by atoms with van der Waals surface area (Å²) in [7, 11) is 0. The molecule has 5 rings (SSSR count). The first-order valence-corrected chi connectivity index (χ1v) is 7.13. The summed E-state index contributed by atoms with van der Waals surface area (Å²) >= 11 is 0. The zero-order chi connectivity index (χ0) is 14.0. The van der Waals surface area contributed by atoms with Gasteiger partial charge in [0.05, 0.1) is 21.7 Å². The summed E-state index contributed by atoms with van der Waals surface area (Å²) in [5.41, 5.74) is 2.44. The van der Waals surface area contributed by atoms with Gasteiger partial charge in [-0.05, 0) is 29.0 Å². The summed E-state index contributed by atoms with van der Waals surface area (Å²) in [4.78, 5) is 0. The van der Waals surface area contributed by atoms with E-state index in [0.717, 1.165) is 10.9 Å². The van der Waals surface area contributed by atoms with Gasteiger partial charge in [-0.1, -0.05) is 30.3 Å². The minimum Gasteiger partial charge on any atom is -0.290 e. The molecule has 1 N–H and O–H groups in total. The lowest BCUT2D eigenvalue weighted by atomic mass is 9.87. The van der Waals surface area contributed by atoms with Gasteiger partial charge in [-0.15, -0.1) is 0 Å². The molecule has 1 heteroatoms. The topological polar surface area (TPSA) is 23.9 Å². The van der Waals surface area contributed by atoms with E-state index in [1.165, 1.54) is 32.5 Å². The van der Waals surface area contributed by atoms with Crippen LogP contribution in [0, 0.1) is 5.41 Å². The number of fused-ring (bicyclic) bond motifs is 2. The summed E-state index contributed by atoms with van der Waals surface area (Å²) in [6.07, 6.45) is 0. The molecule has 0 saturated heterocycles. The lowest BCUT2D eigenvalue weighted by molar-refractivity contribution is 1.28. The summed E-state index contributed by atoms with van der Waals surface area (Å²) in [5.74, 6) is 0. The smallest absolute Gasteiger partial charge is 0.107 e. The fourth-order valence-corrected chi connectivity index (χ4v) is 3.57. The minimum absolute atomic E-state index is 0.575. The molecule has 0 amide bonds. The first kappa shape index (κ1) is 10.9. The van der Waals surface area contributed by atoms with Crippen molar-refractivity contribution in [3.8, 4) is 11.1 Å². The maximum absolute atomic E-state index is 7.95. The van der Waals surface area contributed by atoms with E-state index in [1.807, 2.05) is 12.1 Å². The van der Waals surface area contributed by atoms with Crippen LogP contribution in [0.25, 0.3) is 43.4 Å². The molecular formula is C20H12N+. The van der Waals surface area contributed by atoms with Crippen LogP contribution in [0.4, 0.5) is 0 Å². The quantitative estimate of drug-likeness (QED) is 0.234. The molecule has 0 heterocycles. The predicted octanol–water partition coefficient (Wildman–Crippen LogP) is 4.89. The highest BCUT2D eigenvalue weighted by atomic mass is 14.3. The number of hydrogen-bond acceptors (Lipinski definition) is 1. The number of benzene rings is 5. The molecule has 0 spiro atoms. The van der Waals surface area contributed by atoms with Gasteiger partial charge in [0, 0.05) is 29.0 Å². The molecule has 2 aliphatic carbocycles. The van der Waals surface area contributed by atoms with Crippen molar-refractivity contribution in [3.63, 3.8) is 0 Å². The molecule has 0 atom stereocenters. The fraction of sp³-hybridized carbons (Fsp3) is 0. The van der Waals surface area contributed by atoms with Gasteiger partial charge in [0.25, 0.3) is 0 Å². The highest BCUT2D eigenvalue weighted by Gasteiger charge is 2.21. The minimum atomic E-state index is 0.575. The van der Waals surface area contributed by atoms with Crippen molar-refractivity contribution in [2.75, 3.05) is 0 Å². The van der Waals surface area contributed by atoms with Crippen LogP contribution >= 0.6 is 0 Å². The largest absolute Gasteiger partial charge is 0.290 e. The number of hydrogen-bond donors (Lipinski definition) is 1. The van der Waals surface area contributed by atoms with Crippen LogP contribution in [-0.4, -0.2) is 0 Å². The summed E-state index contributed by atoms with van der Waals surface area (Å²) in [5, 5.41) is 16.2. The predicted molar refractivity (Wildman–Crippen MR) is 88.2 cm³/mol. The van der Waals surface area contributed by atoms with Gasteiger partial charge in [0.1, 0.15) is 5.56 Å². The van der Waals surface area contributed by atoms with E-state index in [2.05, 4.69) is 54.6 Å². The van der Waals surface area contributed by atoms with Gasteiger partial charge in [0.2, 0.25) is 0 Å². The van der Waals surface area contributed by atoms with Crippen molar-refractivity contribution in [3.05, 3.63) is 72.1 Å². The Kier molecular flexibility index (Phi) is 1.90. The Hall–Kier alpha value is -2.80. The fourth-order valence-electron chi connectivity index (χ4n) is 3.57. The molecule has 1 nitrogen and oxygen atoms in total. The normalized spacial score (nSPS) is 12.0. The third kappa shape index (κ3) is 1.35. The van der Waals surface area contributed by atoms with E-state index < -0.39 is 0 Å². The van der Waals surface area contributed by atoms with Gasteiger partial charge in [-0.25, -0.2) is 0 Å². The average Bonchev–Trinajstić information content (AvgIpc) is 2.51. The zero-order valence-corrected chi connectivity index (χ0v) is 11.4. The van der Waals surface area contributed by atoms with Crippen LogP contribution in [-0.2, 0) is 0 Å². The van der Waals surface area contributed by atoms with Crippen LogP contribution in [0.5, 0.6) is 0 Å². The van der Waals surface area contributed by atoms with Crippen molar-refractivity contribution in [2.24, 2.45) is 0 Å². The first-order chi connectivity index (χ1) is 10.3. The Morgan fingerprint density at radius 1 is 0.762 bits per heavy atom. The molecule has 96 valence electrons. The zero-order valence-electron chi connectivity index (χ0n) is 11.4. The second-order valence-corrected chi connectivity index (χ2v) is 5.67. The second kappa shape index (κ2) is 3.64. The Bertz CT molecular complexity index is 1150. The summed E-state index contributed by atoms with van der Waals surface area (Å²) < 4.78 is 0. The Morgan fingerprint density at radius 2 is 1.67 bits per heavy atom. The van der Waals surface area contributed by atoms with Crippen molar-refractivity contribution in [1.82, 2.24) is 0 Å². The highest BCUT2D eigenvalue weighted by Crippen LogP contribution is 2.40. The molecule has 21 heavy (non-hydrogen) atoms. The molecule has 0 unspecified atom stereocenters. The van der Waals surface area contributed by atoms with Crippen molar-refractivity contribution in [1.29, 1.82) is 5.41 Å². The number of rotatable bonds is 0. The molecule has 2 aliphatic rings. The standard InChI is InChI=1S/C20H12N/c21-16-10-14-6-5-13-9-12-3-1-2-4-17(12)18-8-7-15(11-16)19(14)20(13)18/h1-11,21H/q+1. The third-order valence-electron chi connectivity index (χ3n) is 4.44. The molecule has 0 saturated carbocycles. The summed E-state index contributed by atoms with van der Waals surface area (Å²) in [6, 6.07) is 23.4. The van der Waals surface area contributed by atoms with Crippen LogP contribution in [0.2, 0.25) is 0 Å². The van der Waals surface area contributed by atoms with Gasteiger partial charge < -0.3 is 0 Å². The van der Waals surface area contributed by atoms with Gasteiger partial charge in [-0.3, -0.25) is 5.41 Å². The molecule has 3 aromatic rings. The van der Waals surface area contributed by atoms with E-state index >= 15 is 0 Å². The molecule has 0 fully saturated rings. The SMILES string of the molecule is N=c1cc2[cH+]cc3cc4ccccc4c4ccc(c1)c-2c34. The number of nitrogens with one attached hydrogen (secondary N) is 1. The second-order valence-electron chi connectivity index (χ2n) is 5.67. The molecular weight excluding hydrogens is 254 g/mol. The lowest BCUT2D eigenvalue weighted by Gasteiger charge is -2.11. The van der Waals surface area contributed by atoms with Gasteiger partial charge in [-0.2, -0.15) is 0 Å². The van der Waals surface area contributed by atoms with Crippen LogP contribution in [0.3, 0.4) is 0 Å². The van der Waals surface area contributed by atoms with Crippen LogP contribution in [0.15, 0.2) is 66.7 Å². The lowest BCUT2D eigenvalue weighted by Crippen LogP contribution is -2.00. The van der Waals surface area contributed by atoms with Crippen molar-refractivity contribution in [2.45, 2.75) is 0 Å². The van der Waals surface area contributed by atoms with Gasteiger partial charge >= 0.3 is 0 Å². The van der Waals surface area contributed by atoms with E-state index in [-0.39, 0.29) is 0 Å². The monoisotopic (exact) mass is 266 g/mol. The maximum Gasteiger partial charge on any atom is 0.107 e. The van der Waals surface area contributed by atoms with E-state index in [4.69, 9.17) is 5.41 Å². The molecule has 0 aromatic heterocycles. The van der Waals surface area contributed by atoms with E-state index in [9.17, 15) is 0 Å². The van der Waals surface area contributed by atoms with Crippen LogP contribution in [0.1, 0.15) is 0 Å².